The fourth-order valence-corrected chi connectivity index (χ4v) is 2.81. The van der Waals surface area contributed by atoms with Crippen molar-refractivity contribution in [3.8, 4) is 5.75 Å². The quantitative estimate of drug-likeness (QED) is 0.774. The zero-order valence-corrected chi connectivity index (χ0v) is 12.5. The first kappa shape index (κ1) is 14.5. The molecule has 0 aliphatic heterocycles. The van der Waals surface area contributed by atoms with Gasteiger partial charge in [0.05, 0.1) is 6.04 Å². The number of fused-ring (bicyclic) bond motifs is 1. The van der Waals surface area contributed by atoms with Crippen molar-refractivity contribution in [2.45, 2.75) is 13.0 Å². The molecule has 0 amide bonds. The molecule has 4 heteroatoms. The Bertz CT molecular complexity index is 812. The van der Waals surface area contributed by atoms with Crippen LogP contribution in [0, 0.1) is 12.7 Å². The van der Waals surface area contributed by atoms with E-state index in [0.29, 0.717) is 11.1 Å². The molecule has 1 heterocycles. The maximum atomic E-state index is 13.7. The lowest BCUT2D eigenvalue weighted by atomic mass is 9.95. The highest BCUT2D eigenvalue weighted by molar-refractivity contribution is 5.85. The standard InChI is InChI=1S/C18H17FN2O/c1-11-8-13(10-14(19)9-11)16(20-2)15-6-5-12-4-3-7-21-17(12)18(15)22/h3-10,16,20,22H,1-2H3. The second-order valence-corrected chi connectivity index (χ2v) is 5.36. The molecule has 0 saturated carbocycles. The number of hydrogen-bond acceptors (Lipinski definition) is 3. The number of benzene rings is 2. The van der Waals surface area contributed by atoms with Crippen molar-refractivity contribution in [3.05, 3.63) is 71.2 Å². The van der Waals surface area contributed by atoms with Gasteiger partial charge in [-0.25, -0.2) is 4.39 Å². The van der Waals surface area contributed by atoms with Crippen LogP contribution in [-0.2, 0) is 0 Å². The first-order chi connectivity index (χ1) is 10.6. The van der Waals surface area contributed by atoms with E-state index in [9.17, 15) is 9.50 Å². The topological polar surface area (TPSA) is 45.2 Å². The first-order valence-electron chi connectivity index (χ1n) is 7.11. The van der Waals surface area contributed by atoms with Crippen LogP contribution in [0.3, 0.4) is 0 Å². The molecule has 0 radical (unpaired) electrons. The third-order valence-corrected chi connectivity index (χ3v) is 3.78. The number of aromatic nitrogens is 1. The number of rotatable bonds is 3. The van der Waals surface area contributed by atoms with Crippen molar-refractivity contribution in [3.63, 3.8) is 0 Å². The Morgan fingerprint density at radius 1 is 1.18 bits per heavy atom. The molecule has 0 bridgehead atoms. The smallest absolute Gasteiger partial charge is 0.146 e. The summed E-state index contributed by atoms with van der Waals surface area (Å²) in [6.45, 7) is 1.85. The molecule has 0 fully saturated rings. The van der Waals surface area contributed by atoms with Crippen molar-refractivity contribution in [2.24, 2.45) is 0 Å². The number of nitrogens with zero attached hydrogens (tertiary/aromatic N) is 1. The summed E-state index contributed by atoms with van der Waals surface area (Å²) >= 11 is 0. The molecule has 0 saturated heterocycles. The highest BCUT2D eigenvalue weighted by Gasteiger charge is 2.19. The van der Waals surface area contributed by atoms with Gasteiger partial charge in [0.1, 0.15) is 17.1 Å². The van der Waals surface area contributed by atoms with Crippen LogP contribution in [-0.4, -0.2) is 17.1 Å². The van der Waals surface area contributed by atoms with E-state index in [2.05, 4.69) is 10.3 Å². The van der Waals surface area contributed by atoms with E-state index in [-0.39, 0.29) is 17.6 Å². The molecule has 22 heavy (non-hydrogen) atoms. The maximum absolute atomic E-state index is 13.7. The van der Waals surface area contributed by atoms with Gasteiger partial charge in [-0.1, -0.05) is 24.3 Å². The van der Waals surface area contributed by atoms with E-state index in [1.807, 2.05) is 37.3 Å². The second kappa shape index (κ2) is 5.73. The summed E-state index contributed by atoms with van der Waals surface area (Å²) in [6.07, 6.45) is 1.65. The molecule has 1 atom stereocenters. The van der Waals surface area contributed by atoms with Crippen molar-refractivity contribution >= 4 is 10.9 Å². The predicted molar refractivity (Wildman–Crippen MR) is 85.4 cm³/mol. The molecule has 2 aromatic carbocycles. The third kappa shape index (κ3) is 2.53. The number of aryl methyl sites for hydroxylation is 1. The van der Waals surface area contributed by atoms with Crippen LogP contribution in [0.25, 0.3) is 10.9 Å². The number of phenols is 1. The van der Waals surface area contributed by atoms with Gasteiger partial charge in [-0.15, -0.1) is 0 Å². The lowest BCUT2D eigenvalue weighted by Crippen LogP contribution is -2.18. The predicted octanol–water partition coefficient (Wildman–Crippen LogP) is 3.70. The number of nitrogens with one attached hydrogen (secondary N) is 1. The Hall–Kier alpha value is -2.46. The van der Waals surface area contributed by atoms with E-state index in [1.54, 1.807) is 13.2 Å². The average molecular weight is 296 g/mol. The SMILES string of the molecule is CNC(c1cc(C)cc(F)c1)c1ccc2cccnc2c1O. The summed E-state index contributed by atoms with van der Waals surface area (Å²) in [6, 6.07) is 12.1. The van der Waals surface area contributed by atoms with Gasteiger partial charge in [0.2, 0.25) is 0 Å². The molecule has 3 nitrogen and oxygen atoms in total. The minimum Gasteiger partial charge on any atom is -0.505 e. The summed E-state index contributed by atoms with van der Waals surface area (Å²) in [7, 11) is 1.78. The van der Waals surface area contributed by atoms with Crippen molar-refractivity contribution in [1.82, 2.24) is 10.3 Å². The Morgan fingerprint density at radius 2 is 2.00 bits per heavy atom. The number of hydrogen-bond donors (Lipinski definition) is 2. The Kier molecular flexibility index (Phi) is 3.77. The molecular formula is C18H17FN2O. The van der Waals surface area contributed by atoms with Gasteiger partial charge in [-0.2, -0.15) is 0 Å². The summed E-state index contributed by atoms with van der Waals surface area (Å²) in [5.41, 5.74) is 2.84. The minimum atomic E-state index is -0.305. The largest absolute Gasteiger partial charge is 0.505 e. The fraction of sp³-hybridized carbons (Fsp3) is 0.167. The van der Waals surface area contributed by atoms with Crippen LogP contribution in [0.4, 0.5) is 4.39 Å². The molecule has 0 aliphatic carbocycles. The fourth-order valence-electron chi connectivity index (χ4n) is 2.81. The van der Waals surface area contributed by atoms with Crippen molar-refractivity contribution < 1.29 is 9.50 Å². The molecule has 3 rings (SSSR count). The molecule has 1 unspecified atom stereocenters. The van der Waals surface area contributed by atoms with Gasteiger partial charge in [0.15, 0.2) is 0 Å². The molecular weight excluding hydrogens is 279 g/mol. The molecule has 0 aliphatic rings. The van der Waals surface area contributed by atoms with Crippen LogP contribution in [0.1, 0.15) is 22.7 Å². The highest BCUT2D eigenvalue weighted by Crippen LogP contribution is 2.34. The van der Waals surface area contributed by atoms with E-state index < -0.39 is 0 Å². The van der Waals surface area contributed by atoms with Gasteiger partial charge in [0, 0.05) is 17.1 Å². The maximum Gasteiger partial charge on any atom is 0.146 e. The zero-order valence-electron chi connectivity index (χ0n) is 12.5. The van der Waals surface area contributed by atoms with Crippen LogP contribution < -0.4 is 5.32 Å². The lowest BCUT2D eigenvalue weighted by Gasteiger charge is -2.19. The van der Waals surface area contributed by atoms with E-state index in [4.69, 9.17) is 0 Å². The van der Waals surface area contributed by atoms with Gasteiger partial charge in [-0.3, -0.25) is 4.98 Å². The third-order valence-electron chi connectivity index (χ3n) is 3.78. The van der Waals surface area contributed by atoms with Crippen LogP contribution in [0.2, 0.25) is 0 Å². The van der Waals surface area contributed by atoms with Crippen molar-refractivity contribution in [2.75, 3.05) is 7.05 Å². The first-order valence-corrected chi connectivity index (χ1v) is 7.11. The van der Waals surface area contributed by atoms with Crippen LogP contribution >= 0.6 is 0 Å². The Labute approximate surface area is 128 Å². The van der Waals surface area contributed by atoms with Gasteiger partial charge < -0.3 is 10.4 Å². The number of aromatic hydroxyl groups is 1. The number of phenolic OH excluding ortho intramolecular Hbond substituents is 1. The van der Waals surface area contributed by atoms with E-state index >= 15 is 0 Å². The molecule has 112 valence electrons. The molecule has 2 N–H and O–H groups in total. The Morgan fingerprint density at radius 3 is 2.73 bits per heavy atom. The molecule has 1 aromatic heterocycles. The van der Waals surface area contributed by atoms with Gasteiger partial charge in [0.25, 0.3) is 0 Å². The van der Waals surface area contributed by atoms with E-state index in [1.165, 1.54) is 12.1 Å². The normalized spacial score (nSPS) is 12.5. The zero-order chi connectivity index (χ0) is 15.7. The molecule has 0 spiro atoms. The Balaban J connectivity index is 2.16. The number of pyridine rings is 1. The summed E-state index contributed by atoms with van der Waals surface area (Å²) in [4.78, 5) is 4.24. The molecule has 3 aromatic rings. The van der Waals surface area contributed by atoms with Crippen LogP contribution in [0.15, 0.2) is 48.7 Å². The van der Waals surface area contributed by atoms with Gasteiger partial charge in [-0.05, 0) is 43.3 Å². The summed E-state index contributed by atoms with van der Waals surface area (Å²) in [5, 5.41) is 14.6. The summed E-state index contributed by atoms with van der Waals surface area (Å²) < 4.78 is 13.7. The summed E-state index contributed by atoms with van der Waals surface area (Å²) in [5.74, 6) is -0.159. The minimum absolute atomic E-state index is 0.124. The highest BCUT2D eigenvalue weighted by atomic mass is 19.1. The van der Waals surface area contributed by atoms with Crippen LogP contribution in [0.5, 0.6) is 5.75 Å². The second-order valence-electron chi connectivity index (χ2n) is 5.36. The van der Waals surface area contributed by atoms with E-state index in [0.717, 1.165) is 16.5 Å². The number of halogens is 1. The monoisotopic (exact) mass is 296 g/mol. The average Bonchev–Trinajstić information content (AvgIpc) is 2.49. The van der Waals surface area contributed by atoms with Gasteiger partial charge >= 0.3 is 0 Å². The lowest BCUT2D eigenvalue weighted by molar-refractivity contribution is 0.465. The van der Waals surface area contributed by atoms with Crippen molar-refractivity contribution in [1.29, 1.82) is 0 Å².